The molecule has 1 N–H and O–H groups in total. The molecule has 3 unspecified atom stereocenters. The molecule has 1 aliphatic carbocycles. The number of nitrogens with one attached hydrogen (secondary N) is 1. The highest BCUT2D eigenvalue weighted by molar-refractivity contribution is 5.04. The van der Waals surface area contributed by atoms with Crippen LogP contribution in [-0.2, 0) is 6.54 Å². The summed E-state index contributed by atoms with van der Waals surface area (Å²) in [4.78, 5) is 2.45. The standard InChI is InChI=1S/C18H32N2O/c1-4-9-19-18-7-6-15(5-2)11-17(18)13-20(3)12-16-8-10-21-14-16/h8,10,14-15,17-19H,4-7,9,11-13H2,1-3H3. The van der Waals surface area contributed by atoms with Crippen LogP contribution in [0.1, 0.15) is 51.5 Å². The molecule has 1 fully saturated rings. The van der Waals surface area contributed by atoms with Gasteiger partial charge in [0.25, 0.3) is 0 Å². The molecule has 3 nitrogen and oxygen atoms in total. The molecular weight excluding hydrogens is 260 g/mol. The summed E-state index contributed by atoms with van der Waals surface area (Å²) in [6.45, 7) is 7.93. The monoisotopic (exact) mass is 292 g/mol. The molecule has 0 aliphatic heterocycles. The number of furan rings is 1. The van der Waals surface area contributed by atoms with Crippen LogP contribution in [0.15, 0.2) is 23.0 Å². The molecular formula is C18H32N2O. The van der Waals surface area contributed by atoms with E-state index < -0.39 is 0 Å². The van der Waals surface area contributed by atoms with E-state index in [1.54, 1.807) is 6.26 Å². The highest BCUT2D eigenvalue weighted by Crippen LogP contribution is 2.32. The molecule has 3 atom stereocenters. The van der Waals surface area contributed by atoms with E-state index in [4.69, 9.17) is 4.42 Å². The van der Waals surface area contributed by atoms with Crippen LogP contribution in [0.5, 0.6) is 0 Å². The molecule has 0 bridgehead atoms. The van der Waals surface area contributed by atoms with Crippen molar-refractivity contribution in [1.29, 1.82) is 0 Å². The summed E-state index contributed by atoms with van der Waals surface area (Å²) in [6.07, 6.45) is 10.3. The van der Waals surface area contributed by atoms with Gasteiger partial charge in [0.1, 0.15) is 0 Å². The zero-order valence-corrected chi connectivity index (χ0v) is 14.0. The van der Waals surface area contributed by atoms with Crippen molar-refractivity contribution in [2.45, 2.75) is 58.5 Å². The third kappa shape index (κ3) is 5.15. The quantitative estimate of drug-likeness (QED) is 0.787. The average molecular weight is 292 g/mol. The zero-order chi connectivity index (χ0) is 15.1. The summed E-state index contributed by atoms with van der Waals surface area (Å²) in [6, 6.07) is 2.78. The van der Waals surface area contributed by atoms with Gasteiger partial charge >= 0.3 is 0 Å². The smallest absolute Gasteiger partial charge is 0.0947 e. The Hall–Kier alpha value is -0.800. The van der Waals surface area contributed by atoms with Crippen LogP contribution in [0, 0.1) is 11.8 Å². The molecule has 3 heteroatoms. The zero-order valence-electron chi connectivity index (χ0n) is 14.0. The second-order valence-electron chi connectivity index (χ2n) is 6.74. The van der Waals surface area contributed by atoms with Gasteiger partial charge in [-0.05, 0) is 57.2 Å². The number of hydrogen-bond donors (Lipinski definition) is 1. The largest absolute Gasteiger partial charge is 0.472 e. The van der Waals surface area contributed by atoms with Gasteiger partial charge in [0, 0.05) is 24.7 Å². The minimum atomic E-state index is 0.708. The van der Waals surface area contributed by atoms with E-state index in [1.165, 1.54) is 44.2 Å². The van der Waals surface area contributed by atoms with Gasteiger partial charge in [-0.2, -0.15) is 0 Å². The fourth-order valence-corrected chi connectivity index (χ4v) is 3.69. The van der Waals surface area contributed by atoms with Crippen molar-refractivity contribution in [3.63, 3.8) is 0 Å². The Kier molecular flexibility index (Phi) is 6.78. The van der Waals surface area contributed by atoms with Crippen molar-refractivity contribution in [3.8, 4) is 0 Å². The predicted octanol–water partition coefficient (Wildman–Crippen LogP) is 3.91. The lowest BCUT2D eigenvalue weighted by Crippen LogP contribution is -2.45. The molecule has 21 heavy (non-hydrogen) atoms. The fraction of sp³-hybridized carbons (Fsp3) is 0.778. The summed E-state index contributed by atoms with van der Waals surface area (Å²) in [5.41, 5.74) is 1.28. The van der Waals surface area contributed by atoms with E-state index >= 15 is 0 Å². The lowest BCUT2D eigenvalue weighted by Gasteiger charge is -2.38. The van der Waals surface area contributed by atoms with Crippen LogP contribution < -0.4 is 5.32 Å². The van der Waals surface area contributed by atoms with Crippen LogP contribution in [0.2, 0.25) is 0 Å². The maximum absolute atomic E-state index is 5.18. The molecule has 1 aromatic heterocycles. The molecule has 1 aliphatic rings. The molecule has 0 radical (unpaired) electrons. The topological polar surface area (TPSA) is 28.4 Å². The van der Waals surface area contributed by atoms with Crippen molar-refractivity contribution < 1.29 is 4.42 Å². The summed E-state index contributed by atoms with van der Waals surface area (Å²) in [7, 11) is 2.24. The Balaban J connectivity index is 1.88. The van der Waals surface area contributed by atoms with E-state index in [1.807, 2.05) is 6.26 Å². The van der Waals surface area contributed by atoms with Crippen LogP contribution in [0.4, 0.5) is 0 Å². The molecule has 1 aromatic rings. The summed E-state index contributed by atoms with van der Waals surface area (Å²) in [5, 5.41) is 3.79. The van der Waals surface area contributed by atoms with Gasteiger partial charge in [0.05, 0.1) is 12.5 Å². The van der Waals surface area contributed by atoms with E-state index in [-0.39, 0.29) is 0 Å². The Morgan fingerprint density at radius 2 is 2.19 bits per heavy atom. The van der Waals surface area contributed by atoms with Crippen LogP contribution >= 0.6 is 0 Å². The van der Waals surface area contributed by atoms with Crippen molar-refractivity contribution in [1.82, 2.24) is 10.2 Å². The molecule has 0 spiro atoms. The maximum atomic E-state index is 5.18. The third-order valence-electron chi connectivity index (χ3n) is 4.90. The van der Waals surface area contributed by atoms with Crippen LogP contribution in [0.3, 0.4) is 0 Å². The molecule has 1 heterocycles. The Labute approximate surface area is 130 Å². The second kappa shape index (κ2) is 8.60. The molecule has 120 valence electrons. The Morgan fingerprint density at radius 3 is 2.86 bits per heavy atom. The predicted molar refractivity (Wildman–Crippen MR) is 88.2 cm³/mol. The molecule has 2 rings (SSSR count). The van der Waals surface area contributed by atoms with Crippen molar-refractivity contribution >= 4 is 0 Å². The van der Waals surface area contributed by atoms with Gasteiger partial charge in [-0.3, -0.25) is 0 Å². The SMILES string of the molecule is CCCNC1CCC(CC)CC1CN(C)Cc1ccoc1. The van der Waals surface area contributed by atoms with Crippen LogP contribution in [0.25, 0.3) is 0 Å². The van der Waals surface area contributed by atoms with Crippen molar-refractivity contribution in [3.05, 3.63) is 24.2 Å². The number of nitrogens with zero attached hydrogens (tertiary/aromatic N) is 1. The van der Waals surface area contributed by atoms with Gasteiger partial charge in [0.2, 0.25) is 0 Å². The first-order valence-electron chi connectivity index (χ1n) is 8.65. The van der Waals surface area contributed by atoms with E-state index in [9.17, 15) is 0 Å². The Morgan fingerprint density at radius 1 is 1.33 bits per heavy atom. The van der Waals surface area contributed by atoms with Crippen molar-refractivity contribution in [2.75, 3.05) is 20.1 Å². The first-order chi connectivity index (χ1) is 10.2. The number of rotatable bonds is 8. The average Bonchev–Trinajstić information content (AvgIpc) is 2.98. The summed E-state index contributed by atoms with van der Waals surface area (Å²) >= 11 is 0. The molecule has 1 saturated carbocycles. The molecule has 0 saturated heterocycles. The van der Waals surface area contributed by atoms with E-state index in [0.29, 0.717) is 6.04 Å². The van der Waals surface area contributed by atoms with Gasteiger partial charge in [-0.1, -0.05) is 20.3 Å². The van der Waals surface area contributed by atoms with E-state index in [0.717, 1.165) is 24.9 Å². The van der Waals surface area contributed by atoms with Gasteiger partial charge in [0.15, 0.2) is 0 Å². The van der Waals surface area contributed by atoms with Crippen LogP contribution in [-0.4, -0.2) is 31.1 Å². The van der Waals surface area contributed by atoms with Gasteiger partial charge in [-0.15, -0.1) is 0 Å². The van der Waals surface area contributed by atoms with Crippen molar-refractivity contribution in [2.24, 2.45) is 11.8 Å². The fourth-order valence-electron chi connectivity index (χ4n) is 3.69. The minimum absolute atomic E-state index is 0.708. The Bertz CT molecular complexity index is 377. The first-order valence-corrected chi connectivity index (χ1v) is 8.65. The first kappa shape index (κ1) is 16.6. The summed E-state index contributed by atoms with van der Waals surface area (Å²) < 4.78 is 5.18. The second-order valence-corrected chi connectivity index (χ2v) is 6.74. The third-order valence-corrected chi connectivity index (χ3v) is 4.90. The molecule has 0 amide bonds. The molecule has 0 aromatic carbocycles. The van der Waals surface area contributed by atoms with E-state index in [2.05, 4.69) is 37.2 Å². The number of hydrogen-bond acceptors (Lipinski definition) is 3. The lowest BCUT2D eigenvalue weighted by molar-refractivity contribution is 0.149. The normalized spacial score (nSPS) is 26.4. The van der Waals surface area contributed by atoms with Gasteiger partial charge in [-0.25, -0.2) is 0 Å². The summed E-state index contributed by atoms with van der Waals surface area (Å²) in [5.74, 6) is 1.71. The highest BCUT2D eigenvalue weighted by Gasteiger charge is 2.30. The highest BCUT2D eigenvalue weighted by atomic mass is 16.3. The lowest BCUT2D eigenvalue weighted by atomic mass is 9.76. The maximum Gasteiger partial charge on any atom is 0.0947 e. The van der Waals surface area contributed by atoms with Gasteiger partial charge < -0.3 is 14.6 Å². The minimum Gasteiger partial charge on any atom is -0.472 e.